The van der Waals surface area contributed by atoms with Crippen molar-refractivity contribution in [2.75, 3.05) is 31.6 Å². The summed E-state index contributed by atoms with van der Waals surface area (Å²) in [5.41, 5.74) is 0.732. The van der Waals surface area contributed by atoms with E-state index in [2.05, 4.69) is 12.2 Å². The summed E-state index contributed by atoms with van der Waals surface area (Å²) in [6.45, 7) is 4.18. The number of carbonyl (C=O) groups is 1. The standard InChI is InChI=1S/C15H22N2O3/c1-2-8-20-14-5-3-4-13(9-14)16-15(19)17-7-6-12(10-17)11-18/h3-5,9,12,18H,2,6-8,10-11H2,1H3,(H,16,19). The first-order chi connectivity index (χ1) is 9.72. The van der Waals surface area contributed by atoms with Crippen molar-refractivity contribution in [3.8, 4) is 5.75 Å². The minimum atomic E-state index is -0.117. The highest BCUT2D eigenvalue weighted by molar-refractivity contribution is 5.89. The summed E-state index contributed by atoms with van der Waals surface area (Å²) in [6, 6.07) is 7.29. The summed E-state index contributed by atoms with van der Waals surface area (Å²) < 4.78 is 5.54. The van der Waals surface area contributed by atoms with Gasteiger partial charge in [-0.25, -0.2) is 4.79 Å². The van der Waals surface area contributed by atoms with Crippen LogP contribution in [0, 0.1) is 5.92 Å². The van der Waals surface area contributed by atoms with Crippen molar-refractivity contribution < 1.29 is 14.6 Å². The smallest absolute Gasteiger partial charge is 0.321 e. The molecule has 5 heteroatoms. The van der Waals surface area contributed by atoms with Gasteiger partial charge in [-0.3, -0.25) is 0 Å². The van der Waals surface area contributed by atoms with Gasteiger partial charge in [0.2, 0.25) is 0 Å². The number of benzene rings is 1. The molecule has 2 rings (SSSR count). The van der Waals surface area contributed by atoms with E-state index in [-0.39, 0.29) is 18.6 Å². The molecule has 110 valence electrons. The Balaban J connectivity index is 1.91. The van der Waals surface area contributed by atoms with Gasteiger partial charge in [0.1, 0.15) is 5.75 Å². The first kappa shape index (κ1) is 14.7. The van der Waals surface area contributed by atoms with E-state index in [4.69, 9.17) is 9.84 Å². The van der Waals surface area contributed by atoms with Crippen molar-refractivity contribution in [2.45, 2.75) is 19.8 Å². The van der Waals surface area contributed by atoms with Gasteiger partial charge < -0.3 is 20.1 Å². The van der Waals surface area contributed by atoms with Crippen molar-refractivity contribution >= 4 is 11.7 Å². The van der Waals surface area contributed by atoms with Crippen LogP contribution in [0.25, 0.3) is 0 Å². The summed E-state index contributed by atoms with van der Waals surface area (Å²) in [4.78, 5) is 13.8. The highest BCUT2D eigenvalue weighted by Gasteiger charge is 2.25. The third-order valence-electron chi connectivity index (χ3n) is 3.39. The van der Waals surface area contributed by atoms with Crippen LogP contribution in [0.3, 0.4) is 0 Å². The average Bonchev–Trinajstić information content (AvgIpc) is 2.94. The maximum Gasteiger partial charge on any atom is 0.321 e. The lowest BCUT2D eigenvalue weighted by Crippen LogP contribution is -2.33. The molecule has 0 radical (unpaired) electrons. The molecule has 1 unspecified atom stereocenters. The lowest BCUT2D eigenvalue weighted by Gasteiger charge is -2.17. The molecule has 0 saturated carbocycles. The van der Waals surface area contributed by atoms with Crippen molar-refractivity contribution in [1.82, 2.24) is 4.90 Å². The van der Waals surface area contributed by atoms with Crippen LogP contribution in [-0.4, -0.2) is 42.3 Å². The van der Waals surface area contributed by atoms with Crippen LogP contribution in [0.5, 0.6) is 5.75 Å². The second kappa shape index (κ2) is 7.14. The van der Waals surface area contributed by atoms with Gasteiger partial charge in [-0.05, 0) is 25.0 Å². The van der Waals surface area contributed by atoms with Crippen molar-refractivity contribution in [2.24, 2.45) is 5.92 Å². The Kier molecular flexibility index (Phi) is 5.24. The number of ether oxygens (including phenoxy) is 1. The minimum Gasteiger partial charge on any atom is -0.494 e. The van der Waals surface area contributed by atoms with Crippen LogP contribution >= 0.6 is 0 Å². The quantitative estimate of drug-likeness (QED) is 0.869. The number of carbonyl (C=O) groups excluding carboxylic acids is 1. The van der Waals surface area contributed by atoms with Crippen LogP contribution in [0.2, 0.25) is 0 Å². The summed E-state index contributed by atoms with van der Waals surface area (Å²) in [6.07, 6.45) is 1.82. The number of aliphatic hydroxyl groups is 1. The summed E-state index contributed by atoms with van der Waals surface area (Å²) in [5, 5.41) is 12.0. The zero-order chi connectivity index (χ0) is 14.4. The molecule has 1 aliphatic heterocycles. The predicted octanol–water partition coefficient (Wildman–Crippen LogP) is 2.32. The topological polar surface area (TPSA) is 61.8 Å². The zero-order valence-electron chi connectivity index (χ0n) is 11.8. The highest BCUT2D eigenvalue weighted by Crippen LogP contribution is 2.20. The third-order valence-corrected chi connectivity index (χ3v) is 3.39. The number of likely N-dealkylation sites (tertiary alicyclic amines) is 1. The molecule has 1 saturated heterocycles. The molecule has 5 nitrogen and oxygen atoms in total. The van der Waals surface area contributed by atoms with E-state index in [0.29, 0.717) is 19.7 Å². The second-order valence-electron chi connectivity index (χ2n) is 5.09. The van der Waals surface area contributed by atoms with Crippen molar-refractivity contribution in [1.29, 1.82) is 0 Å². The Hall–Kier alpha value is -1.75. The Bertz CT molecular complexity index is 450. The number of amides is 2. The molecule has 1 atom stereocenters. The first-order valence-electron chi connectivity index (χ1n) is 7.12. The van der Waals surface area contributed by atoms with E-state index in [9.17, 15) is 4.79 Å². The fourth-order valence-corrected chi connectivity index (χ4v) is 2.25. The Morgan fingerprint density at radius 2 is 2.40 bits per heavy atom. The van der Waals surface area contributed by atoms with Crippen molar-refractivity contribution in [3.63, 3.8) is 0 Å². The van der Waals surface area contributed by atoms with Gasteiger partial charge in [0.25, 0.3) is 0 Å². The molecule has 0 bridgehead atoms. The highest BCUT2D eigenvalue weighted by atomic mass is 16.5. The van der Waals surface area contributed by atoms with Crippen LogP contribution in [-0.2, 0) is 0 Å². The lowest BCUT2D eigenvalue weighted by molar-refractivity contribution is 0.209. The molecule has 0 aliphatic carbocycles. The van der Waals surface area contributed by atoms with Gasteiger partial charge in [-0.1, -0.05) is 13.0 Å². The normalized spacial score (nSPS) is 18.1. The third kappa shape index (κ3) is 3.87. The van der Waals surface area contributed by atoms with Crippen LogP contribution < -0.4 is 10.1 Å². The molecule has 0 aromatic heterocycles. The molecule has 0 spiro atoms. The van der Waals surface area contributed by atoms with Gasteiger partial charge in [0, 0.05) is 37.4 Å². The van der Waals surface area contributed by atoms with Crippen molar-refractivity contribution in [3.05, 3.63) is 24.3 Å². The van der Waals surface area contributed by atoms with E-state index < -0.39 is 0 Å². The van der Waals surface area contributed by atoms with E-state index in [1.165, 1.54) is 0 Å². The summed E-state index contributed by atoms with van der Waals surface area (Å²) in [7, 11) is 0. The van der Waals surface area contributed by atoms with Gasteiger partial charge in [-0.2, -0.15) is 0 Å². The molecule has 1 aliphatic rings. The molecule has 1 heterocycles. The molecule has 1 fully saturated rings. The summed E-state index contributed by atoms with van der Waals surface area (Å²) in [5.74, 6) is 0.972. The number of aliphatic hydroxyl groups excluding tert-OH is 1. The first-order valence-corrected chi connectivity index (χ1v) is 7.12. The Morgan fingerprint density at radius 1 is 1.55 bits per heavy atom. The molecule has 1 aromatic rings. The lowest BCUT2D eigenvalue weighted by atomic mass is 10.1. The van der Waals surface area contributed by atoms with E-state index in [0.717, 1.165) is 24.3 Å². The number of urea groups is 1. The van der Waals surface area contributed by atoms with E-state index in [1.54, 1.807) is 4.90 Å². The van der Waals surface area contributed by atoms with Gasteiger partial charge >= 0.3 is 6.03 Å². The largest absolute Gasteiger partial charge is 0.494 e. The fourth-order valence-electron chi connectivity index (χ4n) is 2.25. The van der Waals surface area contributed by atoms with Crippen LogP contribution in [0.4, 0.5) is 10.5 Å². The van der Waals surface area contributed by atoms with Gasteiger partial charge in [-0.15, -0.1) is 0 Å². The van der Waals surface area contributed by atoms with Gasteiger partial charge in [0.15, 0.2) is 0 Å². The molecular formula is C15H22N2O3. The molecule has 1 aromatic carbocycles. The van der Waals surface area contributed by atoms with Gasteiger partial charge in [0.05, 0.1) is 6.61 Å². The number of hydrogen-bond donors (Lipinski definition) is 2. The zero-order valence-corrected chi connectivity index (χ0v) is 11.8. The predicted molar refractivity (Wildman–Crippen MR) is 78.0 cm³/mol. The maximum absolute atomic E-state index is 12.1. The average molecular weight is 278 g/mol. The maximum atomic E-state index is 12.1. The molecule has 2 amide bonds. The molecular weight excluding hydrogens is 256 g/mol. The molecule has 2 N–H and O–H groups in total. The second-order valence-corrected chi connectivity index (χ2v) is 5.09. The SMILES string of the molecule is CCCOc1cccc(NC(=O)N2CCC(CO)C2)c1. The number of nitrogens with one attached hydrogen (secondary N) is 1. The fraction of sp³-hybridized carbons (Fsp3) is 0.533. The number of nitrogens with zero attached hydrogens (tertiary/aromatic N) is 1. The van der Waals surface area contributed by atoms with Crippen LogP contribution in [0.1, 0.15) is 19.8 Å². The van der Waals surface area contributed by atoms with Crippen LogP contribution in [0.15, 0.2) is 24.3 Å². The Labute approximate surface area is 119 Å². The molecule has 20 heavy (non-hydrogen) atoms. The Morgan fingerprint density at radius 3 is 3.10 bits per heavy atom. The van der Waals surface area contributed by atoms with E-state index in [1.807, 2.05) is 24.3 Å². The number of anilines is 1. The van der Waals surface area contributed by atoms with E-state index >= 15 is 0 Å². The summed E-state index contributed by atoms with van der Waals surface area (Å²) >= 11 is 0. The monoisotopic (exact) mass is 278 g/mol. The number of rotatable bonds is 5. The minimum absolute atomic E-state index is 0.117. The number of hydrogen-bond acceptors (Lipinski definition) is 3.